The number of aliphatic carboxylic acids is 3. The number of urea groups is 1. The molecule has 6 N–H and O–H groups in total. The third kappa shape index (κ3) is 13.8. The van der Waals surface area contributed by atoms with Crippen LogP contribution in [0.25, 0.3) is 0 Å². The summed E-state index contributed by atoms with van der Waals surface area (Å²) in [5, 5.41) is 31.9. The summed E-state index contributed by atoms with van der Waals surface area (Å²) in [6, 6.07) is 4.18. The number of carbonyl (C=O) groups is 5. The number of amides is 3. The van der Waals surface area contributed by atoms with Gasteiger partial charge in [0, 0.05) is 23.4 Å². The van der Waals surface area contributed by atoms with Gasteiger partial charge in [-0.25, -0.2) is 9.59 Å². The molecular weight excluding hydrogens is 449 g/mol. The topological polar surface area (TPSA) is 182 Å². The SMILES string of the molecule is CCCCNC(=O)c1cccc(SF)c1.O=C(O)CCC(NC(=O)NCC(=O)O)C(=O)O. The molecule has 0 spiro atoms. The number of benzene rings is 1. The molecule has 0 fully saturated rings. The molecule has 0 aromatic heterocycles. The molecule has 11 nitrogen and oxygen atoms in total. The summed E-state index contributed by atoms with van der Waals surface area (Å²) in [4.78, 5) is 54.0. The second-order valence-electron chi connectivity index (χ2n) is 6.26. The van der Waals surface area contributed by atoms with E-state index in [2.05, 4.69) is 12.2 Å². The quantitative estimate of drug-likeness (QED) is 0.246. The highest BCUT2D eigenvalue weighted by Gasteiger charge is 2.20. The molecule has 0 saturated carbocycles. The molecule has 3 amide bonds. The summed E-state index contributed by atoms with van der Waals surface area (Å²) in [5.74, 6) is -4.00. The number of unbranched alkanes of at least 4 members (excludes halogenated alkanes) is 1. The Labute approximate surface area is 188 Å². The number of carbonyl (C=O) groups excluding carboxylic acids is 2. The largest absolute Gasteiger partial charge is 0.481 e. The fourth-order valence-electron chi connectivity index (χ4n) is 2.06. The Kier molecular flexibility index (Phi) is 14.6. The van der Waals surface area contributed by atoms with Crippen LogP contribution in [-0.2, 0) is 14.4 Å². The van der Waals surface area contributed by atoms with Crippen LogP contribution in [0.4, 0.5) is 8.68 Å². The molecule has 1 aromatic carbocycles. The van der Waals surface area contributed by atoms with Crippen LogP contribution in [0.3, 0.4) is 0 Å². The highest BCUT2D eigenvalue weighted by Crippen LogP contribution is 2.19. The zero-order chi connectivity index (χ0) is 24.5. The summed E-state index contributed by atoms with van der Waals surface area (Å²) in [7, 11) is 0. The minimum Gasteiger partial charge on any atom is -0.481 e. The van der Waals surface area contributed by atoms with E-state index in [1.807, 2.05) is 10.6 Å². The molecule has 0 aliphatic heterocycles. The fraction of sp³-hybridized carbons (Fsp3) is 0.421. The number of nitrogens with one attached hydrogen (secondary N) is 3. The first-order valence-electron chi connectivity index (χ1n) is 9.48. The molecule has 1 rings (SSSR count). The molecule has 0 aliphatic carbocycles. The zero-order valence-electron chi connectivity index (χ0n) is 17.3. The zero-order valence-corrected chi connectivity index (χ0v) is 18.1. The number of hydrogen-bond acceptors (Lipinski definition) is 6. The van der Waals surface area contributed by atoms with Crippen molar-refractivity contribution in [3.05, 3.63) is 29.8 Å². The predicted octanol–water partition coefficient (Wildman–Crippen LogP) is 1.88. The summed E-state index contributed by atoms with van der Waals surface area (Å²) in [6.45, 7) is 2.08. The molecule has 0 bridgehead atoms. The molecule has 1 atom stereocenters. The molecular formula is C19H26FN3O8S. The average molecular weight is 475 g/mol. The van der Waals surface area contributed by atoms with E-state index >= 15 is 0 Å². The van der Waals surface area contributed by atoms with Gasteiger partial charge in [0.15, 0.2) is 0 Å². The van der Waals surface area contributed by atoms with Gasteiger partial charge in [0.2, 0.25) is 0 Å². The van der Waals surface area contributed by atoms with Gasteiger partial charge in [0.25, 0.3) is 5.91 Å². The van der Waals surface area contributed by atoms with Crippen LogP contribution >= 0.6 is 12.1 Å². The lowest BCUT2D eigenvalue weighted by Crippen LogP contribution is -2.47. The standard InChI is InChI=1S/C11H14FNOS.C8H12N2O7/c1-2-3-7-13-11(14)9-5-4-6-10(8-9)15-12;11-5(12)2-1-4(7(15)16)10-8(17)9-3-6(13)14/h4-6,8H,2-3,7H2,1H3,(H,13,14);4H,1-3H2,(H,11,12)(H,13,14)(H,15,16)(H2,9,10,17). The van der Waals surface area contributed by atoms with Crippen molar-refractivity contribution >= 4 is 42.0 Å². The van der Waals surface area contributed by atoms with E-state index in [0.29, 0.717) is 17.0 Å². The minimum absolute atomic E-state index is 0.139. The summed E-state index contributed by atoms with van der Waals surface area (Å²) < 4.78 is 12.3. The van der Waals surface area contributed by atoms with Crippen molar-refractivity contribution in [2.24, 2.45) is 0 Å². The van der Waals surface area contributed by atoms with Gasteiger partial charge in [-0.3, -0.25) is 14.4 Å². The number of rotatable bonds is 12. The van der Waals surface area contributed by atoms with Crippen molar-refractivity contribution in [1.29, 1.82) is 0 Å². The first-order chi connectivity index (χ1) is 15.1. The average Bonchev–Trinajstić information content (AvgIpc) is 2.75. The molecule has 0 aliphatic rings. The van der Waals surface area contributed by atoms with E-state index in [-0.39, 0.29) is 24.5 Å². The van der Waals surface area contributed by atoms with Crippen molar-refractivity contribution in [2.75, 3.05) is 13.1 Å². The molecule has 178 valence electrons. The Morgan fingerprint density at radius 1 is 1.06 bits per heavy atom. The number of hydrogen-bond donors (Lipinski definition) is 6. The summed E-state index contributed by atoms with van der Waals surface area (Å²) in [5.41, 5.74) is 0.508. The van der Waals surface area contributed by atoms with Gasteiger partial charge in [-0.2, -0.15) is 3.89 Å². The predicted molar refractivity (Wildman–Crippen MR) is 113 cm³/mol. The third-order valence-corrected chi connectivity index (χ3v) is 4.08. The maximum Gasteiger partial charge on any atom is 0.326 e. The second kappa shape index (κ2) is 16.4. The summed E-state index contributed by atoms with van der Waals surface area (Å²) >= 11 is 0.149. The summed E-state index contributed by atoms with van der Waals surface area (Å²) in [6.07, 6.45) is 1.30. The highest BCUT2D eigenvalue weighted by molar-refractivity contribution is 7.94. The maximum absolute atomic E-state index is 12.3. The minimum atomic E-state index is -1.39. The fourth-order valence-corrected chi connectivity index (χ4v) is 2.36. The highest BCUT2D eigenvalue weighted by atomic mass is 32.2. The van der Waals surface area contributed by atoms with Gasteiger partial charge in [0.1, 0.15) is 12.6 Å². The Morgan fingerprint density at radius 3 is 2.28 bits per heavy atom. The molecule has 1 aromatic rings. The van der Waals surface area contributed by atoms with Crippen LogP contribution in [0.5, 0.6) is 0 Å². The maximum atomic E-state index is 12.3. The van der Waals surface area contributed by atoms with Crippen molar-refractivity contribution in [1.82, 2.24) is 16.0 Å². The van der Waals surface area contributed by atoms with E-state index < -0.39 is 42.9 Å². The third-order valence-electron chi connectivity index (χ3n) is 3.65. The van der Waals surface area contributed by atoms with Gasteiger partial charge >= 0.3 is 23.9 Å². The van der Waals surface area contributed by atoms with Crippen LogP contribution < -0.4 is 16.0 Å². The van der Waals surface area contributed by atoms with Crippen molar-refractivity contribution in [2.45, 2.75) is 43.5 Å². The van der Waals surface area contributed by atoms with Crippen molar-refractivity contribution in [3.63, 3.8) is 0 Å². The van der Waals surface area contributed by atoms with Gasteiger partial charge in [0.05, 0.1) is 12.1 Å². The lowest BCUT2D eigenvalue weighted by Gasteiger charge is -2.13. The van der Waals surface area contributed by atoms with Gasteiger partial charge in [-0.15, -0.1) is 0 Å². The van der Waals surface area contributed by atoms with E-state index in [0.717, 1.165) is 12.8 Å². The van der Waals surface area contributed by atoms with Crippen LogP contribution in [-0.4, -0.2) is 64.3 Å². The molecule has 0 radical (unpaired) electrons. The van der Waals surface area contributed by atoms with Gasteiger partial charge in [-0.05, 0) is 31.0 Å². The monoisotopic (exact) mass is 475 g/mol. The molecule has 0 heterocycles. The number of carboxylic acid groups (broad SMARTS) is 3. The van der Waals surface area contributed by atoms with Crippen LogP contribution in [0, 0.1) is 0 Å². The van der Waals surface area contributed by atoms with Crippen LogP contribution in [0.15, 0.2) is 29.2 Å². The molecule has 1 unspecified atom stereocenters. The van der Waals surface area contributed by atoms with Gasteiger partial charge < -0.3 is 31.3 Å². The normalized spacial score (nSPS) is 10.7. The lowest BCUT2D eigenvalue weighted by molar-refractivity contribution is -0.140. The van der Waals surface area contributed by atoms with Crippen molar-refractivity contribution < 1.29 is 43.2 Å². The number of halogens is 1. The molecule has 13 heteroatoms. The Morgan fingerprint density at radius 2 is 1.75 bits per heavy atom. The van der Waals surface area contributed by atoms with E-state index in [4.69, 9.17) is 15.3 Å². The smallest absolute Gasteiger partial charge is 0.326 e. The molecule has 32 heavy (non-hydrogen) atoms. The molecule has 0 saturated heterocycles. The Balaban J connectivity index is 0.000000604. The van der Waals surface area contributed by atoms with E-state index in [1.54, 1.807) is 24.3 Å². The first-order valence-corrected chi connectivity index (χ1v) is 10.2. The number of carboxylic acids is 3. The van der Waals surface area contributed by atoms with Crippen LogP contribution in [0.1, 0.15) is 43.0 Å². The Bertz CT molecular complexity index is 794. The first kappa shape index (κ1) is 28.6. The van der Waals surface area contributed by atoms with Gasteiger partial charge in [-0.1, -0.05) is 19.4 Å². The van der Waals surface area contributed by atoms with Crippen molar-refractivity contribution in [3.8, 4) is 0 Å². The lowest BCUT2D eigenvalue weighted by atomic mass is 10.1. The van der Waals surface area contributed by atoms with E-state index in [9.17, 15) is 27.9 Å². The van der Waals surface area contributed by atoms with E-state index in [1.165, 1.54) is 0 Å². The second-order valence-corrected chi connectivity index (χ2v) is 6.88. The van der Waals surface area contributed by atoms with Crippen LogP contribution in [0.2, 0.25) is 0 Å². The Hall–Kier alpha value is -3.35.